The maximum absolute atomic E-state index is 13.5. The van der Waals surface area contributed by atoms with Crippen LogP contribution in [-0.4, -0.2) is 47.2 Å². The van der Waals surface area contributed by atoms with Crippen LogP contribution in [-0.2, 0) is 0 Å². The summed E-state index contributed by atoms with van der Waals surface area (Å²) in [5.74, 6) is -1.54. The van der Waals surface area contributed by atoms with Crippen LogP contribution in [0.25, 0.3) is 22.0 Å². The summed E-state index contributed by atoms with van der Waals surface area (Å²) in [6, 6.07) is 21.4. The molecular weight excluding hydrogens is 410 g/mol. The van der Waals surface area contributed by atoms with Gasteiger partial charge in [0.15, 0.2) is 17.5 Å². The number of benzene rings is 3. The lowest BCUT2D eigenvalue weighted by atomic mass is 10.0. The van der Waals surface area contributed by atoms with E-state index in [-0.39, 0.29) is 11.5 Å². The first-order chi connectivity index (χ1) is 15.6. The van der Waals surface area contributed by atoms with Gasteiger partial charge in [0.25, 0.3) is 5.91 Å². The van der Waals surface area contributed by atoms with Gasteiger partial charge >= 0.3 is 0 Å². The van der Waals surface area contributed by atoms with Crippen LogP contribution in [0.15, 0.2) is 72.8 Å². The Morgan fingerprint density at radius 1 is 0.781 bits per heavy atom. The largest absolute Gasteiger partial charge is 0.352 e. The number of piperazine rings is 1. The van der Waals surface area contributed by atoms with Crippen LogP contribution < -0.4 is 4.90 Å². The molecule has 7 heteroatoms. The second kappa shape index (κ2) is 8.34. The summed E-state index contributed by atoms with van der Waals surface area (Å²) in [6.07, 6.45) is 0. The van der Waals surface area contributed by atoms with Crippen LogP contribution in [0.2, 0.25) is 0 Å². The van der Waals surface area contributed by atoms with E-state index >= 15 is 0 Å². The summed E-state index contributed by atoms with van der Waals surface area (Å²) >= 11 is 0. The molecule has 1 saturated heterocycles. The molecular formula is C25H20F2N4O. The molecule has 0 radical (unpaired) electrons. The number of amides is 1. The van der Waals surface area contributed by atoms with E-state index in [1.165, 1.54) is 6.07 Å². The van der Waals surface area contributed by atoms with Gasteiger partial charge < -0.3 is 9.80 Å². The van der Waals surface area contributed by atoms with E-state index in [9.17, 15) is 13.6 Å². The second-order valence-corrected chi connectivity index (χ2v) is 7.71. The van der Waals surface area contributed by atoms with E-state index < -0.39 is 11.6 Å². The third-order valence-corrected chi connectivity index (χ3v) is 5.77. The molecule has 0 aliphatic carbocycles. The van der Waals surface area contributed by atoms with Crippen LogP contribution in [0.1, 0.15) is 10.4 Å². The van der Waals surface area contributed by atoms with Crippen molar-refractivity contribution in [3.05, 3.63) is 90.0 Å². The lowest BCUT2D eigenvalue weighted by Gasteiger charge is -2.35. The highest BCUT2D eigenvalue weighted by atomic mass is 19.2. The molecule has 0 N–H and O–H groups in total. The van der Waals surface area contributed by atoms with Crippen molar-refractivity contribution in [1.29, 1.82) is 0 Å². The van der Waals surface area contributed by atoms with Crippen molar-refractivity contribution in [2.24, 2.45) is 0 Å². The predicted molar refractivity (Wildman–Crippen MR) is 119 cm³/mol. The molecule has 1 aliphatic rings. The summed E-state index contributed by atoms with van der Waals surface area (Å²) in [7, 11) is 0. The summed E-state index contributed by atoms with van der Waals surface area (Å²) in [4.78, 5) is 16.3. The highest BCUT2D eigenvalue weighted by Gasteiger charge is 2.24. The number of carbonyl (C=O) groups excluding carboxylic acids is 1. The zero-order valence-corrected chi connectivity index (χ0v) is 17.2. The van der Waals surface area contributed by atoms with Crippen LogP contribution >= 0.6 is 0 Å². The summed E-state index contributed by atoms with van der Waals surface area (Å²) in [6.45, 7) is 2.09. The molecule has 5 rings (SSSR count). The van der Waals surface area contributed by atoms with Gasteiger partial charge in [-0.3, -0.25) is 4.79 Å². The molecule has 32 heavy (non-hydrogen) atoms. The first kappa shape index (κ1) is 20.1. The fraction of sp³-hybridized carbons (Fsp3) is 0.160. The van der Waals surface area contributed by atoms with Crippen molar-refractivity contribution in [2.75, 3.05) is 31.1 Å². The molecule has 5 nitrogen and oxygen atoms in total. The Kier molecular flexibility index (Phi) is 5.23. The maximum Gasteiger partial charge on any atom is 0.254 e. The molecule has 0 bridgehead atoms. The van der Waals surface area contributed by atoms with Crippen molar-refractivity contribution in [3.8, 4) is 11.3 Å². The lowest BCUT2D eigenvalue weighted by Crippen LogP contribution is -2.49. The number of hydrogen-bond donors (Lipinski definition) is 0. The topological polar surface area (TPSA) is 49.3 Å². The Morgan fingerprint density at radius 3 is 2.31 bits per heavy atom. The Hall–Kier alpha value is -3.87. The minimum Gasteiger partial charge on any atom is -0.352 e. The minimum absolute atomic E-state index is 0.150. The molecule has 4 aromatic rings. The zero-order valence-electron chi connectivity index (χ0n) is 17.2. The molecule has 0 atom stereocenters. The zero-order chi connectivity index (χ0) is 22.1. The van der Waals surface area contributed by atoms with Crippen molar-refractivity contribution >= 4 is 22.5 Å². The smallest absolute Gasteiger partial charge is 0.254 e. The van der Waals surface area contributed by atoms with Crippen LogP contribution in [0.5, 0.6) is 0 Å². The average molecular weight is 430 g/mol. The van der Waals surface area contributed by atoms with Crippen LogP contribution in [0.4, 0.5) is 14.6 Å². The van der Waals surface area contributed by atoms with E-state index in [0.717, 1.165) is 40.0 Å². The van der Waals surface area contributed by atoms with Gasteiger partial charge in [0, 0.05) is 37.3 Å². The lowest BCUT2D eigenvalue weighted by molar-refractivity contribution is 0.0746. The molecule has 2 heterocycles. The van der Waals surface area contributed by atoms with Crippen molar-refractivity contribution < 1.29 is 13.6 Å². The molecule has 0 saturated carbocycles. The summed E-state index contributed by atoms with van der Waals surface area (Å²) in [5, 5.41) is 11.1. The van der Waals surface area contributed by atoms with E-state index in [0.29, 0.717) is 26.2 Å². The van der Waals surface area contributed by atoms with Gasteiger partial charge in [0.1, 0.15) is 0 Å². The highest BCUT2D eigenvalue weighted by Crippen LogP contribution is 2.27. The number of halogens is 2. The van der Waals surface area contributed by atoms with E-state index in [2.05, 4.69) is 33.3 Å². The molecule has 0 unspecified atom stereocenters. The fourth-order valence-electron chi connectivity index (χ4n) is 4.04. The van der Waals surface area contributed by atoms with Crippen LogP contribution in [0.3, 0.4) is 0 Å². The molecule has 160 valence electrons. The van der Waals surface area contributed by atoms with Gasteiger partial charge in [0.2, 0.25) is 0 Å². The van der Waals surface area contributed by atoms with E-state index in [1.807, 2.05) is 36.4 Å². The molecule has 1 aromatic heterocycles. The second-order valence-electron chi connectivity index (χ2n) is 7.71. The number of anilines is 1. The van der Waals surface area contributed by atoms with Gasteiger partial charge in [0.05, 0.1) is 5.69 Å². The van der Waals surface area contributed by atoms with Crippen LogP contribution in [0, 0.1) is 11.6 Å². The minimum atomic E-state index is -1.02. The monoisotopic (exact) mass is 430 g/mol. The first-order valence-corrected chi connectivity index (χ1v) is 10.4. The van der Waals surface area contributed by atoms with Crippen molar-refractivity contribution in [1.82, 2.24) is 15.1 Å². The van der Waals surface area contributed by atoms with Crippen molar-refractivity contribution in [3.63, 3.8) is 0 Å². The van der Waals surface area contributed by atoms with Gasteiger partial charge in [-0.25, -0.2) is 8.78 Å². The maximum atomic E-state index is 13.5. The number of carbonyl (C=O) groups is 1. The molecule has 0 spiro atoms. The Bertz CT molecular complexity index is 1280. The Balaban J connectivity index is 1.28. The Labute approximate surface area is 183 Å². The number of aromatic nitrogens is 2. The normalized spacial score (nSPS) is 14.1. The first-order valence-electron chi connectivity index (χ1n) is 10.4. The summed E-state index contributed by atoms with van der Waals surface area (Å²) < 4.78 is 26.6. The van der Waals surface area contributed by atoms with Gasteiger partial charge in [-0.1, -0.05) is 42.5 Å². The third-order valence-electron chi connectivity index (χ3n) is 5.77. The fourth-order valence-corrected chi connectivity index (χ4v) is 4.04. The predicted octanol–water partition coefficient (Wildman–Crippen LogP) is 4.54. The number of rotatable bonds is 3. The molecule has 3 aromatic carbocycles. The standard InChI is InChI=1S/C25H20F2N4O/c26-21-9-8-18(16-22(21)27)25(32)31-14-12-30(13-15-31)24-11-10-23(28-29-24)20-7-3-5-17-4-1-2-6-19(17)20/h1-11,16H,12-15H2. The number of fused-ring (bicyclic) bond motifs is 1. The SMILES string of the molecule is O=C(c1ccc(F)c(F)c1)N1CCN(c2ccc(-c3cccc4ccccc34)nn2)CC1. The van der Waals surface area contributed by atoms with E-state index in [1.54, 1.807) is 4.90 Å². The molecule has 1 amide bonds. The third kappa shape index (κ3) is 3.77. The van der Waals surface area contributed by atoms with Gasteiger partial charge in [-0.05, 0) is 41.1 Å². The highest BCUT2D eigenvalue weighted by molar-refractivity contribution is 5.96. The molecule has 1 aliphatic heterocycles. The summed E-state index contributed by atoms with van der Waals surface area (Å²) in [5.41, 5.74) is 1.98. The van der Waals surface area contributed by atoms with E-state index in [4.69, 9.17) is 0 Å². The Morgan fingerprint density at radius 2 is 1.56 bits per heavy atom. The average Bonchev–Trinajstić information content (AvgIpc) is 2.85. The van der Waals surface area contributed by atoms with Crippen molar-refractivity contribution in [2.45, 2.75) is 0 Å². The van der Waals surface area contributed by atoms with Gasteiger partial charge in [-0.15, -0.1) is 10.2 Å². The quantitative estimate of drug-likeness (QED) is 0.479. The number of nitrogens with zero attached hydrogens (tertiary/aromatic N) is 4. The molecule has 1 fully saturated rings. The van der Waals surface area contributed by atoms with Gasteiger partial charge in [-0.2, -0.15) is 0 Å². The number of hydrogen-bond acceptors (Lipinski definition) is 4.